The van der Waals surface area contributed by atoms with Crippen LogP contribution in [-0.2, 0) is 0 Å². The topological polar surface area (TPSA) is 15.3 Å². The Bertz CT molecular complexity index is 438. The summed E-state index contributed by atoms with van der Waals surface area (Å²) in [5, 5.41) is 3.30. The molecular formula is C16H26Cl2F2N2. The Kier molecular flexibility index (Phi) is 10.2. The summed E-state index contributed by atoms with van der Waals surface area (Å²) in [5.74, 6) is -0.0817. The van der Waals surface area contributed by atoms with E-state index in [1.54, 1.807) is 0 Å². The molecule has 0 aliphatic carbocycles. The number of nitrogens with one attached hydrogen (secondary N) is 1. The van der Waals surface area contributed by atoms with Gasteiger partial charge in [-0.25, -0.2) is 8.78 Å². The number of rotatable bonds is 5. The quantitative estimate of drug-likeness (QED) is 0.852. The highest BCUT2D eigenvalue weighted by Crippen LogP contribution is 2.30. The zero-order valence-electron chi connectivity index (χ0n) is 13.1. The largest absolute Gasteiger partial charge is 0.314 e. The molecule has 0 radical (unpaired) electrons. The lowest BCUT2D eigenvalue weighted by Crippen LogP contribution is -2.45. The van der Waals surface area contributed by atoms with Gasteiger partial charge >= 0.3 is 0 Å². The Balaban J connectivity index is 0.00000220. The van der Waals surface area contributed by atoms with E-state index < -0.39 is 0 Å². The van der Waals surface area contributed by atoms with Crippen molar-refractivity contribution in [2.45, 2.75) is 32.7 Å². The van der Waals surface area contributed by atoms with E-state index in [4.69, 9.17) is 0 Å². The molecule has 2 nitrogen and oxygen atoms in total. The third-order valence-electron chi connectivity index (χ3n) is 3.93. The summed E-state index contributed by atoms with van der Waals surface area (Å²) >= 11 is 0. The van der Waals surface area contributed by atoms with Crippen LogP contribution in [0.25, 0.3) is 0 Å². The summed E-state index contributed by atoms with van der Waals surface area (Å²) in [6.45, 7) is 7.93. The van der Waals surface area contributed by atoms with Crippen molar-refractivity contribution >= 4 is 24.8 Å². The number of halogens is 4. The van der Waals surface area contributed by atoms with E-state index in [0.29, 0.717) is 11.5 Å². The average Bonchev–Trinajstić information content (AvgIpc) is 2.43. The number of benzene rings is 1. The molecule has 1 aliphatic rings. The van der Waals surface area contributed by atoms with E-state index in [1.165, 1.54) is 18.2 Å². The van der Waals surface area contributed by atoms with Crippen molar-refractivity contribution in [3.05, 3.63) is 35.4 Å². The predicted octanol–water partition coefficient (Wildman–Crippen LogP) is 4.19. The van der Waals surface area contributed by atoms with Gasteiger partial charge in [-0.3, -0.25) is 4.90 Å². The summed E-state index contributed by atoms with van der Waals surface area (Å²) in [5.41, 5.74) is 0.507. The smallest absolute Gasteiger partial charge is 0.128 e. The molecule has 0 unspecified atom stereocenters. The van der Waals surface area contributed by atoms with Gasteiger partial charge in [-0.05, 0) is 37.0 Å². The molecule has 0 amide bonds. The second kappa shape index (κ2) is 10.4. The molecule has 1 aromatic rings. The predicted molar refractivity (Wildman–Crippen MR) is 92.1 cm³/mol. The van der Waals surface area contributed by atoms with Crippen LogP contribution in [0.15, 0.2) is 18.2 Å². The SMILES string of the molecule is CC(C)CC[C@@H](c1cc(F)ccc1F)N1CCNCC1.Cl.Cl. The minimum atomic E-state index is -0.355. The number of piperazine rings is 1. The van der Waals surface area contributed by atoms with Crippen molar-refractivity contribution in [1.82, 2.24) is 10.2 Å². The standard InChI is InChI=1S/C16H24F2N2.2ClH/c1-12(2)3-6-16(20-9-7-19-8-10-20)14-11-13(17)4-5-15(14)18;;/h4-5,11-12,16,19H,3,6-10H2,1-2H3;2*1H/t16-;;/m0../s1. The minimum absolute atomic E-state index is 0. The summed E-state index contributed by atoms with van der Waals surface area (Å²) < 4.78 is 27.6. The van der Waals surface area contributed by atoms with E-state index in [2.05, 4.69) is 24.1 Å². The van der Waals surface area contributed by atoms with Crippen LogP contribution in [0.5, 0.6) is 0 Å². The van der Waals surface area contributed by atoms with Gasteiger partial charge in [0.2, 0.25) is 0 Å². The van der Waals surface area contributed by atoms with Gasteiger partial charge in [-0.2, -0.15) is 0 Å². The highest BCUT2D eigenvalue weighted by atomic mass is 35.5. The van der Waals surface area contributed by atoms with Gasteiger partial charge in [0.05, 0.1) is 0 Å². The molecular weight excluding hydrogens is 329 g/mol. The van der Waals surface area contributed by atoms with Crippen LogP contribution in [0.3, 0.4) is 0 Å². The van der Waals surface area contributed by atoms with Gasteiger partial charge in [0.15, 0.2) is 0 Å². The van der Waals surface area contributed by atoms with Crippen LogP contribution in [-0.4, -0.2) is 31.1 Å². The fraction of sp³-hybridized carbons (Fsp3) is 0.625. The maximum absolute atomic E-state index is 14.1. The molecule has 1 aromatic carbocycles. The first-order valence-corrected chi connectivity index (χ1v) is 7.47. The van der Waals surface area contributed by atoms with Gasteiger partial charge in [0.1, 0.15) is 11.6 Å². The van der Waals surface area contributed by atoms with Gasteiger partial charge in [0.25, 0.3) is 0 Å². The minimum Gasteiger partial charge on any atom is -0.314 e. The molecule has 1 saturated heterocycles. The Labute approximate surface area is 144 Å². The maximum atomic E-state index is 14.1. The third-order valence-corrected chi connectivity index (χ3v) is 3.93. The van der Waals surface area contributed by atoms with Gasteiger partial charge in [-0.15, -0.1) is 24.8 Å². The van der Waals surface area contributed by atoms with Crippen LogP contribution < -0.4 is 5.32 Å². The zero-order chi connectivity index (χ0) is 14.5. The molecule has 0 bridgehead atoms. The first-order valence-electron chi connectivity index (χ1n) is 7.47. The molecule has 1 N–H and O–H groups in total. The summed E-state index contributed by atoms with van der Waals surface area (Å²) in [6.07, 6.45) is 1.89. The second-order valence-corrected chi connectivity index (χ2v) is 5.94. The van der Waals surface area contributed by atoms with Crippen LogP contribution in [0, 0.1) is 17.6 Å². The number of hydrogen-bond donors (Lipinski definition) is 1. The highest BCUT2D eigenvalue weighted by molar-refractivity contribution is 5.85. The van der Waals surface area contributed by atoms with Crippen LogP contribution >= 0.6 is 24.8 Å². The van der Waals surface area contributed by atoms with Crippen molar-refractivity contribution in [2.24, 2.45) is 5.92 Å². The second-order valence-electron chi connectivity index (χ2n) is 5.94. The summed E-state index contributed by atoms with van der Waals surface area (Å²) in [6, 6.07) is 3.78. The molecule has 1 fully saturated rings. The van der Waals surface area contributed by atoms with Crippen molar-refractivity contribution < 1.29 is 8.78 Å². The maximum Gasteiger partial charge on any atom is 0.128 e. The first-order chi connectivity index (χ1) is 9.58. The average molecular weight is 355 g/mol. The Morgan fingerprint density at radius 1 is 1.09 bits per heavy atom. The lowest BCUT2D eigenvalue weighted by molar-refractivity contribution is 0.156. The Morgan fingerprint density at radius 2 is 1.73 bits per heavy atom. The monoisotopic (exact) mass is 354 g/mol. The molecule has 0 saturated carbocycles. The highest BCUT2D eigenvalue weighted by Gasteiger charge is 2.25. The Hall–Kier alpha value is -0.420. The molecule has 1 aliphatic heterocycles. The molecule has 0 spiro atoms. The summed E-state index contributed by atoms with van der Waals surface area (Å²) in [4.78, 5) is 2.27. The van der Waals surface area contributed by atoms with Crippen molar-refractivity contribution in [3.8, 4) is 0 Å². The fourth-order valence-corrected chi connectivity index (χ4v) is 2.79. The van der Waals surface area contributed by atoms with Crippen LogP contribution in [0.4, 0.5) is 8.78 Å². The number of hydrogen-bond acceptors (Lipinski definition) is 2. The van der Waals surface area contributed by atoms with Crippen LogP contribution in [0.1, 0.15) is 38.3 Å². The molecule has 6 heteroatoms. The fourth-order valence-electron chi connectivity index (χ4n) is 2.79. The van der Waals surface area contributed by atoms with Crippen molar-refractivity contribution in [1.29, 1.82) is 0 Å². The van der Waals surface area contributed by atoms with E-state index in [0.717, 1.165) is 39.0 Å². The van der Waals surface area contributed by atoms with Crippen LogP contribution in [0.2, 0.25) is 0 Å². The van der Waals surface area contributed by atoms with Gasteiger partial charge in [-0.1, -0.05) is 13.8 Å². The lowest BCUT2D eigenvalue weighted by Gasteiger charge is -2.35. The van der Waals surface area contributed by atoms with E-state index in [-0.39, 0.29) is 42.5 Å². The third kappa shape index (κ3) is 5.99. The molecule has 22 heavy (non-hydrogen) atoms. The van der Waals surface area contributed by atoms with E-state index in [1.807, 2.05) is 0 Å². The van der Waals surface area contributed by atoms with E-state index >= 15 is 0 Å². The Morgan fingerprint density at radius 3 is 2.32 bits per heavy atom. The van der Waals surface area contributed by atoms with Crippen molar-refractivity contribution in [3.63, 3.8) is 0 Å². The normalized spacial score (nSPS) is 16.8. The van der Waals surface area contributed by atoms with Crippen molar-refractivity contribution in [2.75, 3.05) is 26.2 Å². The first kappa shape index (κ1) is 21.6. The molecule has 0 aromatic heterocycles. The molecule has 1 atom stereocenters. The molecule has 2 rings (SSSR count). The summed E-state index contributed by atoms with van der Waals surface area (Å²) in [7, 11) is 0. The van der Waals surface area contributed by atoms with E-state index in [9.17, 15) is 8.78 Å². The zero-order valence-corrected chi connectivity index (χ0v) is 14.8. The van der Waals surface area contributed by atoms with Gasteiger partial charge < -0.3 is 5.32 Å². The number of nitrogens with zero attached hydrogens (tertiary/aromatic N) is 1. The molecule has 128 valence electrons. The lowest BCUT2D eigenvalue weighted by atomic mass is 9.95. The molecule has 1 heterocycles. The van der Waals surface area contributed by atoms with Gasteiger partial charge in [0, 0.05) is 37.8 Å².